The Balaban J connectivity index is 1.49. The van der Waals surface area contributed by atoms with Gasteiger partial charge in [0.05, 0.1) is 18.8 Å². The number of amides is 1. The Bertz CT molecular complexity index is 785. The number of ether oxygens (including phenoxy) is 2. The molecule has 6 unspecified atom stereocenters. The fourth-order valence-corrected chi connectivity index (χ4v) is 7.58. The molecule has 10 heteroatoms. The molecular weight excluding hydrogens is 484 g/mol. The maximum Gasteiger partial charge on any atom is 0.240 e. The molecule has 0 aromatic heterocycles. The summed E-state index contributed by atoms with van der Waals surface area (Å²) in [6.45, 7) is 7.92. The Morgan fingerprint density at radius 2 is 1.94 bits per heavy atom. The summed E-state index contributed by atoms with van der Waals surface area (Å²) in [7, 11) is 0. The van der Waals surface area contributed by atoms with Gasteiger partial charge in [-0.2, -0.15) is 0 Å². The summed E-state index contributed by atoms with van der Waals surface area (Å²) in [5.74, 6) is 0.980. The molecule has 3 saturated heterocycles. The fraction of sp³-hybridized carbons (Fsp3) is 0.885. The van der Waals surface area contributed by atoms with Gasteiger partial charge in [0.2, 0.25) is 5.91 Å². The van der Waals surface area contributed by atoms with Crippen LogP contribution in [0.4, 0.5) is 0 Å². The summed E-state index contributed by atoms with van der Waals surface area (Å²) in [5.41, 5.74) is -0.969. The largest absolute Gasteiger partial charge is 0.395 e. The lowest BCUT2D eigenvalue weighted by molar-refractivity contribution is -0.205. The Kier molecular flexibility index (Phi) is 9.42. The first-order chi connectivity index (χ1) is 17.1. The molecule has 0 aromatic carbocycles. The van der Waals surface area contributed by atoms with Crippen molar-refractivity contribution < 1.29 is 34.7 Å². The second kappa shape index (κ2) is 12.0. The quantitative estimate of drug-likeness (QED) is 0.282. The molecule has 1 amide bonds. The molecule has 6 N–H and O–H groups in total. The summed E-state index contributed by atoms with van der Waals surface area (Å²) in [6.07, 6.45) is 2.72. The molecule has 4 aliphatic rings. The zero-order valence-corrected chi connectivity index (χ0v) is 22.4. The van der Waals surface area contributed by atoms with Crippen LogP contribution in [0.2, 0.25) is 0 Å². The average Bonchev–Trinajstić information content (AvgIpc) is 3.06. The van der Waals surface area contributed by atoms with Gasteiger partial charge >= 0.3 is 0 Å². The van der Waals surface area contributed by atoms with Crippen molar-refractivity contribution in [2.75, 3.05) is 19.8 Å². The van der Waals surface area contributed by atoms with Gasteiger partial charge < -0.3 is 40.5 Å². The number of hydrogen-bond donors (Lipinski definition) is 6. The van der Waals surface area contributed by atoms with Gasteiger partial charge in [0.25, 0.3) is 0 Å². The molecule has 0 aliphatic carbocycles. The van der Waals surface area contributed by atoms with Crippen molar-refractivity contribution in [3.63, 3.8) is 0 Å². The highest BCUT2D eigenvalue weighted by molar-refractivity contribution is 8.00. The van der Waals surface area contributed by atoms with Crippen LogP contribution in [0.3, 0.4) is 0 Å². The normalized spacial score (nSPS) is 46.6. The van der Waals surface area contributed by atoms with Crippen molar-refractivity contribution in [2.24, 2.45) is 17.3 Å². The maximum absolute atomic E-state index is 13.6. The molecule has 0 aromatic rings. The lowest BCUT2D eigenvalue weighted by Crippen LogP contribution is -2.64. The SMILES string of the molecule is CC(C)C[C@@H]1CCO[C@H]2C(C(=O)N[C@@H]3C/C=C\C[C@@H](CO)SC4OC3C(O)C(O)C4O)NC[C@]2(C)C1. The number of rotatable bonds is 5. The number of hydrogen-bond acceptors (Lipinski definition) is 9. The van der Waals surface area contributed by atoms with Crippen LogP contribution in [0.15, 0.2) is 12.2 Å². The first-order valence-corrected chi connectivity index (χ1v) is 14.3. The highest BCUT2D eigenvalue weighted by atomic mass is 32.2. The topological polar surface area (TPSA) is 141 Å². The molecule has 4 aliphatic heterocycles. The minimum Gasteiger partial charge on any atom is -0.395 e. The van der Waals surface area contributed by atoms with Crippen LogP contribution in [0.25, 0.3) is 0 Å². The summed E-state index contributed by atoms with van der Waals surface area (Å²) < 4.78 is 12.3. The smallest absolute Gasteiger partial charge is 0.240 e. The van der Waals surface area contributed by atoms with Crippen LogP contribution in [0.1, 0.15) is 52.9 Å². The second-order valence-electron chi connectivity index (χ2n) is 11.7. The molecule has 0 spiro atoms. The van der Waals surface area contributed by atoms with Crippen LogP contribution < -0.4 is 10.6 Å². The predicted octanol–water partition coefficient (Wildman–Crippen LogP) is 0.542. The van der Waals surface area contributed by atoms with Gasteiger partial charge in [0.15, 0.2) is 0 Å². The number of aliphatic hydroxyl groups is 4. The zero-order chi connectivity index (χ0) is 26.0. The number of thioether (sulfide) groups is 1. The van der Waals surface area contributed by atoms with Crippen molar-refractivity contribution in [1.29, 1.82) is 0 Å². The van der Waals surface area contributed by atoms with E-state index in [0.29, 0.717) is 37.8 Å². The molecule has 2 bridgehead atoms. The molecule has 206 valence electrons. The number of carbonyl (C=O) groups excluding carboxylic acids is 1. The number of fused-ring (bicyclic) bond motifs is 3. The molecule has 36 heavy (non-hydrogen) atoms. The van der Waals surface area contributed by atoms with E-state index in [1.54, 1.807) is 0 Å². The van der Waals surface area contributed by atoms with E-state index in [2.05, 4.69) is 31.4 Å². The lowest BCUT2D eigenvalue weighted by Gasteiger charge is -2.44. The van der Waals surface area contributed by atoms with Crippen molar-refractivity contribution in [3.05, 3.63) is 12.2 Å². The fourth-order valence-electron chi connectivity index (χ4n) is 6.38. The monoisotopic (exact) mass is 528 g/mol. The Hall–Kier alpha value is -0.720. The van der Waals surface area contributed by atoms with Crippen LogP contribution in [-0.4, -0.2) is 99.4 Å². The van der Waals surface area contributed by atoms with Crippen molar-refractivity contribution in [3.8, 4) is 0 Å². The Labute approximate surface area is 218 Å². The zero-order valence-electron chi connectivity index (χ0n) is 21.6. The number of nitrogens with one attached hydrogen (secondary N) is 2. The van der Waals surface area contributed by atoms with E-state index in [-0.39, 0.29) is 29.3 Å². The van der Waals surface area contributed by atoms with E-state index >= 15 is 0 Å². The van der Waals surface area contributed by atoms with Crippen LogP contribution in [-0.2, 0) is 14.3 Å². The van der Waals surface area contributed by atoms with E-state index in [0.717, 1.165) is 19.3 Å². The highest BCUT2D eigenvalue weighted by Crippen LogP contribution is 2.43. The Morgan fingerprint density at radius 1 is 1.19 bits per heavy atom. The van der Waals surface area contributed by atoms with Gasteiger partial charge in [-0.15, -0.1) is 11.8 Å². The van der Waals surface area contributed by atoms with Crippen molar-refractivity contribution >= 4 is 17.7 Å². The lowest BCUT2D eigenvalue weighted by atomic mass is 9.75. The third-order valence-corrected chi connectivity index (χ3v) is 9.58. The Morgan fingerprint density at radius 3 is 2.67 bits per heavy atom. The number of allylic oxidation sites excluding steroid dienone is 1. The van der Waals surface area contributed by atoms with Gasteiger partial charge in [-0.1, -0.05) is 32.9 Å². The minimum absolute atomic E-state index is 0.101. The molecule has 4 heterocycles. The molecule has 4 rings (SSSR count). The van der Waals surface area contributed by atoms with Gasteiger partial charge in [0, 0.05) is 23.8 Å². The first-order valence-electron chi connectivity index (χ1n) is 13.4. The number of aliphatic hydroxyl groups excluding tert-OH is 4. The third-order valence-electron chi connectivity index (χ3n) is 8.20. The van der Waals surface area contributed by atoms with E-state index < -0.39 is 41.9 Å². The molecule has 11 atom stereocenters. The molecular formula is C26H44N2O7S. The standard InChI is InChI=1S/C26H44N2O7S/c1-14(2)10-15-8-9-34-23-18(27-13-26(23,3)11-15)24(33)28-17-7-5-4-6-16(12-29)36-25-21(32)19(30)20(31)22(17)35-25/h4-5,14-23,25,27,29-32H,6-13H2,1-3H3,(H,28,33)/b5-4-/t15-,16-,17+,18?,19?,20?,21?,22?,23-,25?,26-/m0/s1. The molecule has 3 fully saturated rings. The number of carbonyl (C=O) groups is 1. The van der Waals surface area contributed by atoms with E-state index in [1.165, 1.54) is 11.8 Å². The van der Waals surface area contributed by atoms with E-state index in [1.807, 2.05) is 12.2 Å². The second-order valence-corrected chi connectivity index (χ2v) is 13.1. The minimum atomic E-state index is -1.42. The molecule has 0 radical (unpaired) electrons. The van der Waals surface area contributed by atoms with Crippen molar-refractivity contribution in [2.45, 2.75) is 106 Å². The molecule has 0 saturated carbocycles. The predicted molar refractivity (Wildman–Crippen MR) is 137 cm³/mol. The van der Waals surface area contributed by atoms with E-state index in [9.17, 15) is 25.2 Å². The summed E-state index contributed by atoms with van der Waals surface area (Å²) in [4.78, 5) is 13.6. The highest BCUT2D eigenvalue weighted by Gasteiger charge is 2.52. The van der Waals surface area contributed by atoms with Crippen LogP contribution in [0, 0.1) is 17.3 Å². The van der Waals surface area contributed by atoms with Gasteiger partial charge in [0.1, 0.15) is 35.9 Å². The first kappa shape index (κ1) is 28.3. The van der Waals surface area contributed by atoms with Gasteiger partial charge in [-0.25, -0.2) is 0 Å². The average molecular weight is 529 g/mol. The van der Waals surface area contributed by atoms with Crippen LogP contribution >= 0.6 is 11.8 Å². The molecule has 9 nitrogen and oxygen atoms in total. The van der Waals surface area contributed by atoms with Gasteiger partial charge in [-0.05, 0) is 43.9 Å². The van der Waals surface area contributed by atoms with Gasteiger partial charge in [-0.3, -0.25) is 4.79 Å². The summed E-state index contributed by atoms with van der Waals surface area (Å²) >= 11 is 1.23. The van der Waals surface area contributed by atoms with Crippen molar-refractivity contribution in [1.82, 2.24) is 10.6 Å². The maximum atomic E-state index is 13.6. The van der Waals surface area contributed by atoms with Crippen LogP contribution in [0.5, 0.6) is 0 Å². The van der Waals surface area contributed by atoms with E-state index in [4.69, 9.17) is 9.47 Å². The third kappa shape index (κ3) is 6.12. The summed E-state index contributed by atoms with van der Waals surface area (Å²) in [5, 5.41) is 47.7. The summed E-state index contributed by atoms with van der Waals surface area (Å²) in [6, 6.07) is -1.12.